The van der Waals surface area contributed by atoms with E-state index >= 15 is 0 Å². The first-order chi connectivity index (χ1) is 13.0. The van der Waals surface area contributed by atoms with Gasteiger partial charge in [0.25, 0.3) is 0 Å². The number of halogens is 1. The van der Waals surface area contributed by atoms with Crippen LogP contribution in [0.15, 0.2) is 42.5 Å². The maximum absolute atomic E-state index is 12.7. The van der Waals surface area contributed by atoms with Crippen molar-refractivity contribution in [2.45, 2.75) is 12.3 Å². The van der Waals surface area contributed by atoms with E-state index in [-0.39, 0.29) is 34.6 Å². The van der Waals surface area contributed by atoms with E-state index in [2.05, 4.69) is 10.1 Å². The Kier molecular flexibility index (Phi) is 5.46. The molecule has 27 heavy (non-hydrogen) atoms. The van der Waals surface area contributed by atoms with Gasteiger partial charge in [-0.25, -0.2) is 9.59 Å². The molecule has 1 fully saturated rings. The first-order valence-electron chi connectivity index (χ1n) is 8.32. The van der Waals surface area contributed by atoms with Crippen molar-refractivity contribution in [2.24, 2.45) is 5.92 Å². The van der Waals surface area contributed by atoms with Gasteiger partial charge < -0.3 is 14.8 Å². The van der Waals surface area contributed by atoms with Gasteiger partial charge in [-0.05, 0) is 42.2 Å². The lowest BCUT2D eigenvalue weighted by molar-refractivity contribution is -0.117. The third kappa shape index (κ3) is 3.95. The molecule has 0 aliphatic heterocycles. The van der Waals surface area contributed by atoms with Crippen molar-refractivity contribution < 1.29 is 23.9 Å². The zero-order valence-electron chi connectivity index (χ0n) is 14.8. The van der Waals surface area contributed by atoms with Crippen molar-refractivity contribution in [1.29, 1.82) is 0 Å². The van der Waals surface area contributed by atoms with Crippen molar-refractivity contribution in [3.05, 3.63) is 64.2 Å². The quantitative estimate of drug-likeness (QED) is 0.792. The van der Waals surface area contributed by atoms with Gasteiger partial charge in [0.15, 0.2) is 0 Å². The van der Waals surface area contributed by atoms with Crippen LogP contribution >= 0.6 is 11.6 Å². The highest BCUT2D eigenvalue weighted by Crippen LogP contribution is 2.50. The van der Waals surface area contributed by atoms with E-state index < -0.39 is 11.9 Å². The van der Waals surface area contributed by atoms with Gasteiger partial charge in [-0.2, -0.15) is 0 Å². The summed E-state index contributed by atoms with van der Waals surface area (Å²) in [7, 11) is 2.50. The average Bonchev–Trinajstić information content (AvgIpc) is 3.47. The largest absolute Gasteiger partial charge is 0.465 e. The number of methoxy groups -OCH3 is 2. The second kappa shape index (κ2) is 7.80. The van der Waals surface area contributed by atoms with Gasteiger partial charge in [0.1, 0.15) is 0 Å². The average molecular weight is 388 g/mol. The molecule has 1 N–H and O–H groups in total. The van der Waals surface area contributed by atoms with Gasteiger partial charge in [-0.1, -0.05) is 29.8 Å². The van der Waals surface area contributed by atoms with E-state index in [0.717, 1.165) is 5.56 Å². The highest BCUT2D eigenvalue weighted by molar-refractivity contribution is 6.31. The number of carbonyl (C=O) groups is 3. The minimum Gasteiger partial charge on any atom is -0.465 e. The third-order valence-electron chi connectivity index (χ3n) is 4.54. The number of carbonyl (C=O) groups excluding carboxylic acids is 3. The van der Waals surface area contributed by atoms with E-state index in [4.69, 9.17) is 16.3 Å². The number of nitrogens with one attached hydrogen (secondary N) is 1. The van der Waals surface area contributed by atoms with Crippen LogP contribution in [0, 0.1) is 5.92 Å². The molecule has 0 radical (unpaired) electrons. The summed E-state index contributed by atoms with van der Waals surface area (Å²) in [6, 6.07) is 11.7. The van der Waals surface area contributed by atoms with Crippen molar-refractivity contribution in [1.82, 2.24) is 0 Å². The van der Waals surface area contributed by atoms with Crippen LogP contribution in [-0.4, -0.2) is 32.1 Å². The first-order valence-corrected chi connectivity index (χ1v) is 8.70. The zero-order chi connectivity index (χ0) is 19.6. The SMILES string of the molecule is COC(=O)c1ccc(C(=O)OC)c(NC(=O)C2CC2c2ccccc2Cl)c1. The molecule has 7 heteroatoms. The minimum atomic E-state index is -0.611. The number of hydrogen-bond donors (Lipinski definition) is 1. The Balaban J connectivity index is 1.82. The predicted molar refractivity (Wildman–Crippen MR) is 100 cm³/mol. The Morgan fingerprint density at radius 1 is 1.04 bits per heavy atom. The molecule has 2 aromatic rings. The fourth-order valence-electron chi connectivity index (χ4n) is 3.01. The molecule has 0 spiro atoms. The maximum Gasteiger partial charge on any atom is 0.339 e. The van der Waals surface area contributed by atoms with Crippen molar-refractivity contribution >= 4 is 35.1 Å². The highest BCUT2D eigenvalue weighted by Gasteiger charge is 2.45. The second-order valence-corrected chi connectivity index (χ2v) is 6.61. The molecule has 1 saturated carbocycles. The lowest BCUT2D eigenvalue weighted by atomic mass is 10.1. The number of ether oxygens (including phenoxy) is 2. The molecule has 2 atom stereocenters. The summed E-state index contributed by atoms with van der Waals surface area (Å²) in [5, 5.41) is 3.36. The van der Waals surface area contributed by atoms with E-state index in [1.165, 1.54) is 32.4 Å². The smallest absolute Gasteiger partial charge is 0.339 e. The predicted octanol–water partition coefficient (Wildman–Crippen LogP) is 3.66. The summed E-state index contributed by atoms with van der Waals surface area (Å²) in [4.78, 5) is 36.4. The lowest BCUT2D eigenvalue weighted by Gasteiger charge is -2.11. The van der Waals surface area contributed by atoms with Gasteiger partial charge in [0, 0.05) is 10.9 Å². The fourth-order valence-corrected chi connectivity index (χ4v) is 3.29. The van der Waals surface area contributed by atoms with Crippen LogP contribution in [-0.2, 0) is 14.3 Å². The second-order valence-electron chi connectivity index (χ2n) is 6.20. The van der Waals surface area contributed by atoms with Crippen LogP contribution in [0.1, 0.15) is 38.6 Å². The Bertz CT molecular complexity index is 911. The molecule has 1 amide bonds. The zero-order valence-corrected chi connectivity index (χ0v) is 15.6. The Morgan fingerprint density at radius 3 is 2.41 bits per heavy atom. The van der Waals surface area contributed by atoms with Gasteiger partial charge in [0.2, 0.25) is 5.91 Å². The monoisotopic (exact) mass is 387 g/mol. The van der Waals surface area contributed by atoms with Gasteiger partial charge in [0.05, 0.1) is 31.0 Å². The summed E-state index contributed by atoms with van der Waals surface area (Å²) in [5.74, 6) is -1.64. The Labute approximate surface area is 161 Å². The summed E-state index contributed by atoms with van der Waals surface area (Å²) >= 11 is 6.20. The minimum absolute atomic E-state index is 0.0315. The molecular weight excluding hydrogens is 370 g/mol. The molecule has 2 unspecified atom stereocenters. The lowest BCUT2D eigenvalue weighted by Crippen LogP contribution is -2.18. The maximum atomic E-state index is 12.7. The topological polar surface area (TPSA) is 81.7 Å². The fraction of sp³-hybridized carbons (Fsp3) is 0.250. The van der Waals surface area contributed by atoms with E-state index in [1.807, 2.05) is 18.2 Å². The summed E-state index contributed by atoms with van der Waals surface area (Å²) in [6.45, 7) is 0. The first kappa shape index (κ1) is 18.9. The van der Waals surface area contributed by atoms with E-state index in [0.29, 0.717) is 11.4 Å². The summed E-state index contributed by atoms with van der Waals surface area (Å²) < 4.78 is 9.43. The summed E-state index contributed by atoms with van der Waals surface area (Å²) in [5.41, 5.74) is 1.52. The molecule has 0 heterocycles. The van der Waals surface area contributed by atoms with Crippen LogP contribution in [0.3, 0.4) is 0 Å². The Morgan fingerprint density at radius 2 is 1.74 bits per heavy atom. The summed E-state index contributed by atoms with van der Waals surface area (Å²) in [6.07, 6.45) is 0.666. The van der Waals surface area contributed by atoms with Crippen molar-refractivity contribution in [3.8, 4) is 0 Å². The molecule has 0 bridgehead atoms. The Hall–Kier alpha value is -2.86. The molecule has 2 aromatic carbocycles. The normalized spacial score (nSPS) is 17.7. The van der Waals surface area contributed by atoms with Crippen molar-refractivity contribution in [3.63, 3.8) is 0 Å². The van der Waals surface area contributed by atoms with Gasteiger partial charge >= 0.3 is 11.9 Å². The van der Waals surface area contributed by atoms with Crippen LogP contribution in [0.4, 0.5) is 5.69 Å². The molecule has 1 aliphatic rings. The molecule has 3 rings (SSSR count). The molecule has 0 saturated heterocycles. The number of benzene rings is 2. The highest BCUT2D eigenvalue weighted by atomic mass is 35.5. The number of amides is 1. The standard InChI is InChI=1S/C20H18ClNO5/c1-26-19(24)11-7-8-13(20(25)27-2)17(9-11)22-18(23)15-10-14(15)12-5-3-4-6-16(12)21/h3-9,14-15H,10H2,1-2H3,(H,22,23). The van der Waals surface area contributed by atoms with Crippen LogP contribution < -0.4 is 5.32 Å². The molecule has 140 valence electrons. The number of esters is 2. The van der Waals surface area contributed by atoms with Crippen LogP contribution in [0.5, 0.6) is 0 Å². The van der Waals surface area contributed by atoms with E-state index in [1.54, 1.807) is 6.07 Å². The molecule has 0 aromatic heterocycles. The van der Waals surface area contributed by atoms with Crippen LogP contribution in [0.25, 0.3) is 0 Å². The number of anilines is 1. The van der Waals surface area contributed by atoms with Gasteiger partial charge in [-0.3, -0.25) is 4.79 Å². The number of hydrogen-bond acceptors (Lipinski definition) is 5. The van der Waals surface area contributed by atoms with E-state index in [9.17, 15) is 14.4 Å². The van der Waals surface area contributed by atoms with Gasteiger partial charge in [-0.15, -0.1) is 0 Å². The van der Waals surface area contributed by atoms with Crippen molar-refractivity contribution in [2.75, 3.05) is 19.5 Å². The number of rotatable bonds is 5. The molecular formula is C20H18ClNO5. The third-order valence-corrected chi connectivity index (χ3v) is 4.88. The molecule has 1 aliphatic carbocycles. The van der Waals surface area contributed by atoms with Crippen LogP contribution in [0.2, 0.25) is 5.02 Å². The molecule has 6 nitrogen and oxygen atoms in total.